The van der Waals surface area contributed by atoms with Crippen molar-refractivity contribution in [2.75, 3.05) is 0 Å². The van der Waals surface area contributed by atoms with Gasteiger partial charge in [-0.05, 0) is 17.0 Å². The Balaban J connectivity index is 1.58. The zero-order valence-corrected chi connectivity index (χ0v) is 17.1. The lowest BCUT2D eigenvalue weighted by Gasteiger charge is -2.15. The normalized spacial score (nSPS) is 11.7. The summed E-state index contributed by atoms with van der Waals surface area (Å²) in [6.07, 6.45) is 0.725. The summed E-state index contributed by atoms with van der Waals surface area (Å²) in [5, 5.41) is 19.9. The first-order valence-corrected chi connectivity index (χ1v) is 10.4. The number of carbonyl (C=O) groups is 1. The van der Waals surface area contributed by atoms with Crippen LogP contribution in [0.15, 0.2) is 76.6 Å². The molecule has 1 amide bonds. The van der Waals surface area contributed by atoms with Gasteiger partial charge in [0, 0.05) is 29.0 Å². The third-order valence-corrected chi connectivity index (χ3v) is 5.46. The Morgan fingerprint density at radius 2 is 1.97 bits per heavy atom. The Bertz CT molecular complexity index is 1180. The van der Waals surface area contributed by atoms with Crippen LogP contribution in [0.1, 0.15) is 22.4 Å². The Kier molecular flexibility index (Phi) is 6.13. The number of aromatic nitrogens is 2. The molecule has 0 aliphatic rings. The maximum Gasteiger partial charge on any atom is 0.270 e. The van der Waals surface area contributed by atoms with Crippen molar-refractivity contribution in [1.29, 1.82) is 0 Å². The van der Waals surface area contributed by atoms with Crippen LogP contribution in [0.5, 0.6) is 0 Å². The van der Waals surface area contributed by atoms with E-state index in [1.54, 1.807) is 12.1 Å². The van der Waals surface area contributed by atoms with Gasteiger partial charge in [0.15, 0.2) is 0 Å². The molecule has 1 N–H and O–H groups in total. The zero-order chi connectivity index (χ0) is 21.6. The van der Waals surface area contributed by atoms with Crippen LogP contribution in [0.4, 0.5) is 5.69 Å². The van der Waals surface area contributed by atoms with E-state index in [-0.39, 0.29) is 29.7 Å². The number of nitro groups is 1. The van der Waals surface area contributed by atoms with Gasteiger partial charge in [-0.3, -0.25) is 14.9 Å². The second-order valence-corrected chi connectivity index (χ2v) is 7.86. The Morgan fingerprint density at radius 1 is 1.13 bits per heavy atom. The van der Waals surface area contributed by atoms with Crippen molar-refractivity contribution in [3.05, 3.63) is 98.6 Å². The summed E-state index contributed by atoms with van der Waals surface area (Å²) in [6, 6.07) is 19.0. The molecular formula is C22H18N4O4S. The van der Waals surface area contributed by atoms with Crippen molar-refractivity contribution in [3.63, 3.8) is 0 Å². The molecule has 0 spiro atoms. The minimum Gasteiger partial charge on any atom is -0.344 e. The fraction of sp³-hybridized carbons (Fsp3) is 0.136. The highest BCUT2D eigenvalue weighted by atomic mass is 32.1. The first-order chi connectivity index (χ1) is 15.1. The number of amides is 1. The highest BCUT2D eigenvalue weighted by Crippen LogP contribution is 2.24. The third-order valence-electron chi connectivity index (χ3n) is 4.59. The van der Waals surface area contributed by atoms with E-state index < -0.39 is 11.0 Å². The molecule has 0 bridgehead atoms. The van der Waals surface area contributed by atoms with E-state index in [4.69, 9.17) is 4.52 Å². The third kappa shape index (κ3) is 5.20. The topological polar surface area (TPSA) is 111 Å². The molecule has 0 aliphatic carbocycles. The largest absolute Gasteiger partial charge is 0.344 e. The van der Waals surface area contributed by atoms with Gasteiger partial charge in [-0.15, -0.1) is 11.3 Å². The van der Waals surface area contributed by atoms with Crippen molar-refractivity contribution in [2.24, 2.45) is 0 Å². The van der Waals surface area contributed by atoms with Crippen LogP contribution in [0, 0.1) is 10.1 Å². The summed E-state index contributed by atoms with van der Waals surface area (Å²) in [5.74, 6) is 0.313. The van der Waals surface area contributed by atoms with Gasteiger partial charge in [0.25, 0.3) is 5.69 Å². The molecule has 1 atom stereocenters. The molecule has 2 aromatic carbocycles. The average molecular weight is 434 g/mol. The molecular weight excluding hydrogens is 416 g/mol. The standard InChI is InChI=1S/C22H18N4O4S/c27-20(14-18-10-5-11-31-18)23-19(12-15-6-2-1-3-7-15)22-24-21(25-30-22)16-8-4-9-17(13-16)26(28)29/h1-11,13,19H,12,14H2,(H,23,27). The van der Waals surface area contributed by atoms with Crippen LogP contribution in [0.2, 0.25) is 0 Å². The van der Waals surface area contributed by atoms with Gasteiger partial charge < -0.3 is 9.84 Å². The van der Waals surface area contributed by atoms with E-state index in [2.05, 4.69) is 15.5 Å². The second-order valence-electron chi connectivity index (χ2n) is 6.83. The number of non-ortho nitro benzene ring substituents is 1. The number of hydrogen-bond donors (Lipinski definition) is 1. The van der Waals surface area contributed by atoms with Crippen LogP contribution in [-0.4, -0.2) is 21.0 Å². The molecule has 0 fully saturated rings. The molecule has 0 saturated heterocycles. The Labute approximate surface area is 181 Å². The minimum absolute atomic E-state index is 0.0612. The van der Waals surface area contributed by atoms with E-state index >= 15 is 0 Å². The zero-order valence-electron chi connectivity index (χ0n) is 16.3. The number of carbonyl (C=O) groups excluding carboxylic acids is 1. The van der Waals surface area contributed by atoms with Crippen LogP contribution >= 0.6 is 11.3 Å². The van der Waals surface area contributed by atoms with E-state index in [0.29, 0.717) is 12.0 Å². The first-order valence-electron chi connectivity index (χ1n) is 9.52. The van der Waals surface area contributed by atoms with Gasteiger partial charge in [-0.1, -0.05) is 53.7 Å². The van der Waals surface area contributed by atoms with E-state index in [1.807, 2.05) is 47.8 Å². The molecule has 4 rings (SSSR count). The monoisotopic (exact) mass is 434 g/mol. The van der Waals surface area contributed by atoms with Gasteiger partial charge in [0.05, 0.1) is 11.3 Å². The number of nitrogens with one attached hydrogen (secondary N) is 1. The predicted molar refractivity (Wildman–Crippen MR) is 115 cm³/mol. The Hall–Kier alpha value is -3.85. The van der Waals surface area contributed by atoms with E-state index in [1.165, 1.54) is 23.5 Å². The SMILES string of the molecule is O=C(Cc1cccs1)NC(Cc1ccccc1)c1nc(-c2cccc([N+](=O)[O-])c2)no1. The van der Waals surface area contributed by atoms with E-state index in [0.717, 1.165) is 10.4 Å². The second kappa shape index (κ2) is 9.31. The number of hydrogen-bond acceptors (Lipinski definition) is 7. The average Bonchev–Trinajstić information content (AvgIpc) is 3.46. The fourth-order valence-electron chi connectivity index (χ4n) is 3.12. The van der Waals surface area contributed by atoms with Gasteiger partial charge in [0.2, 0.25) is 17.6 Å². The molecule has 2 aromatic heterocycles. The lowest BCUT2D eigenvalue weighted by Crippen LogP contribution is -2.31. The van der Waals surface area contributed by atoms with Crippen LogP contribution in [0.25, 0.3) is 11.4 Å². The fourth-order valence-corrected chi connectivity index (χ4v) is 3.82. The lowest BCUT2D eigenvalue weighted by atomic mass is 10.1. The summed E-state index contributed by atoms with van der Waals surface area (Å²) in [5.41, 5.74) is 1.40. The van der Waals surface area contributed by atoms with Crippen LogP contribution < -0.4 is 5.32 Å². The molecule has 0 radical (unpaired) electrons. The molecule has 156 valence electrons. The highest BCUT2D eigenvalue weighted by molar-refractivity contribution is 7.10. The maximum atomic E-state index is 12.6. The quantitative estimate of drug-likeness (QED) is 0.326. The minimum atomic E-state index is -0.533. The molecule has 2 heterocycles. The number of benzene rings is 2. The first kappa shape index (κ1) is 20.4. The predicted octanol–water partition coefficient (Wildman–Crippen LogP) is 4.35. The number of rotatable bonds is 8. The van der Waals surface area contributed by atoms with Crippen molar-refractivity contribution in [1.82, 2.24) is 15.5 Å². The van der Waals surface area contributed by atoms with Crippen molar-refractivity contribution >= 4 is 22.9 Å². The highest BCUT2D eigenvalue weighted by Gasteiger charge is 2.23. The molecule has 8 nitrogen and oxygen atoms in total. The smallest absolute Gasteiger partial charge is 0.270 e. The lowest BCUT2D eigenvalue weighted by molar-refractivity contribution is -0.384. The maximum absolute atomic E-state index is 12.6. The number of thiophene rings is 1. The molecule has 9 heteroatoms. The van der Waals surface area contributed by atoms with Gasteiger partial charge >= 0.3 is 0 Å². The van der Waals surface area contributed by atoms with Crippen molar-refractivity contribution in [3.8, 4) is 11.4 Å². The van der Waals surface area contributed by atoms with Crippen LogP contribution in [0.3, 0.4) is 0 Å². The van der Waals surface area contributed by atoms with Crippen molar-refractivity contribution in [2.45, 2.75) is 18.9 Å². The summed E-state index contributed by atoms with van der Waals surface area (Å²) in [6.45, 7) is 0. The summed E-state index contributed by atoms with van der Waals surface area (Å²) in [4.78, 5) is 28.6. The van der Waals surface area contributed by atoms with Gasteiger partial charge in [-0.2, -0.15) is 4.98 Å². The summed E-state index contributed by atoms with van der Waals surface area (Å²) < 4.78 is 5.45. The van der Waals surface area contributed by atoms with Crippen LogP contribution in [-0.2, 0) is 17.6 Å². The number of nitrogens with zero attached hydrogens (tertiary/aromatic N) is 3. The van der Waals surface area contributed by atoms with Gasteiger partial charge in [0.1, 0.15) is 6.04 Å². The van der Waals surface area contributed by atoms with Crippen molar-refractivity contribution < 1.29 is 14.2 Å². The number of nitro benzene ring substituents is 1. The Morgan fingerprint density at radius 3 is 2.71 bits per heavy atom. The molecule has 4 aromatic rings. The molecule has 0 saturated carbocycles. The van der Waals surface area contributed by atoms with E-state index in [9.17, 15) is 14.9 Å². The molecule has 31 heavy (non-hydrogen) atoms. The molecule has 1 unspecified atom stereocenters. The molecule has 0 aliphatic heterocycles. The summed E-state index contributed by atoms with van der Waals surface area (Å²) in [7, 11) is 0. The summed E-state index contributed by atoms with van der Waals surface area (Å²) >= 11 is 1.52. The van der Waals surface area contributed by atoms with Gasteiger partial charge in [-0.25, -0.2) is 0 Å².